The molecule has 1 aliphatic heterocycles. The van der Waals surface area contributed by atoms with Crippen molar-refractivity contribution < 1.29 is 24.6 Å². The molecule has 1 aliphatic carbocycles. The number of carbonyl (C=O) groups is 2. The monoisotopic (exact) mass is 496 g/mol. The molecule has 1 saturated carbocycles. The summed E-state index contributed by atoms with van der Waals surface area (Å²) in [4.78, 5) is 38.7. The van der Waals surface area contributed by atoms with Crippen molar-refractivity contribution in [3.63, 3.8) is 0 Å². The highest BCUT2D eigenvalue weighted by Crippen LogP contribution is 2.32. The van der Waals surface area contributed by atoms with E-state index in [4.69, 9.17) is 0 Å². The van der Waals surface area contributed by atoms with Crippen LogP contribution >= 0.6 is 0 Å². The SMILES string of the molecule is CC(=O)ONC(=O)c1nc(CC2CCN(c3ccc(CC4(O)CCCCC4)cc3)CC2)nc(C)c1O. The third kappa shape index (κ3) is 6.51. The van der Waals surface area contributed by atoms with Gasteiger partial charge in [0, 0.05) is 38.5 Å². The number of benzene rings is 1. The molecule has 0 atom stereocenters. The van der Waals surface area contributed by atoms with Gasteiger partial charge in [0.05, 0.1) is 11.3 Å². The molecule has 194 valence electrons. The lowest BCUT2D eigenvalue weighted by Gasteiger charge is -2.34. The molecule has 0 unspecified atom stereocenters. The number of nitrogens with zero attached hydrogens (tertiary/aromatic N) is 3. The highest BCUT2D eigenvalue weighted by molar-refractivity contribution is 5.94. The van der Waals surface area contributed by atoms with E-state index < -0.39 is 17.5 Å². The maximum Gasteiger partial charge on any atom is 0.329 e. The van der Waals surface area contributed by atoms with Crippen LogP contribution in [0.2, 0.25) is 0 Å². The average molecular weight is 497 g/mol. The number of hydrogen-bond acceptors (Lipinski definition) is 8. The van der Waals surface area contributed by atoms with Crippen LogP contribution in [-0.4, -0.2) is 50.7 Å². The molecule has 9 nitrogen and oxygen atoms in total. The fourth-order valence-corrected chi connectivity index (χ4v) is 5.29. The summed E-state index contributed by atoms with van der Waals surface area (Å²) in [6.07, 6.45) is 8.47. The summed E-state index contributed by atoms with van der Waals surface area (Å²) in [5.41, 5.74) is 3.93. The first-order valence-corrected chi connectivity index (χ1v) is 12.8. The van der Waals surface area contributed by atoms with Crippen LogP contribution in [0, 0.1) is 12.8 Å². The number of amides is 1. The Labute approximate surface area is 211 Å². The Kier molecular flexibility index (Phi) is 8.08. The molecule has 4 rings (SSSR count). The second-order valence-electron chi connectivity index (χ2n) is 10.2. The normalized spacial score (nSPS) is 18.0. The van der Waals surface area contributed by atoms with Gasteiger partial charge in [-0.3, -0.25) is 9.59 Å². The minimum atomic E-state index is -0.789. The van der Waals surface area contributed by atoms with Gasteiger partial charge in [-0.05, 0) is 56.2 Å². The molecule has 0 radical (unpaired) electrons. The first kappa shape index (κ1) is 25.9. The van der Waals surface area contributed by atoms with Gasteiger partial charge in [-0.2, -0.15) is 5.48 Å². The standard InChI is InChI=1S/C27H36N4O5/c1-18-25(33)24(26(34)30-36-19(2)32)29-23(28-18)16-20-10-14-31(15-11-20)22-8-6-21(7-9-22)17-27(35)12-4-3-5-13-27/h6-9,20,33,35H,3-5,10-17H2,1-2H3,(H,30,34). The van der Waals surface area contributed by atoms with Gasteiger partial charge in [0.1, 0.15) is 5.82 Å². The number of carbonyl (C=O) groups excluding carboxylic acids is 2. The topological polar surface area (TPSA) is 125 Å². The lowest BCUT2D eigenvalue weighted by atomic mass is 9.80. The molecule has 1 aromatic heterocycles. The van der Waals surface area contributed by atoms with Gasteiger partial charge in [-0.1, -0.05) is 31.4 Å². The predicted octanol–water partition coefficient (Wildman–Crippen LogP) is 3.40. The molecule has 1 saturated heterocycles. The minimum absolute atomic E-state index is 0.200. The Bertz CT molecular complexity index is 1070. The van der Waals surface area contributed by atoms with Gasteiger partial charge in [-0.25, -0.2) is 9.97 Å². The Balaban J connectivity index is 1.32. The van der Waals surface area contributed by atoms with Crippen LogP contribution in [0.4, 0.5) is 5.69 Å². The number of rotatable bonds is 6. The first-order chi connectivity index (χ1) is 17.2. The molecule has 2 heterocycles. The molecule has 0 spiro atoms. The van der Waals surface area contributed by atoms with Crippen molar-refractivity contribution in [2.24, 2.45) is 5.92 Å². The quantitative estimate of drug-likeness (QED) is 0.520. The number of hydroxylamine groups is 1. The molecule has 2 aromatic rings. The van der Waals surface area contributed by atoms with Crippen molar-refractivity contribution in [3.05, 3.63) is 47.0 Å². The minimum Gasteiger partial charge on any atom is -0.504 e. The molecule has 2 fully saturated rings. The van der Waals surface area contributed by atoms with E-state index in [-0.39, 0.29) is 11.4 Å². The lowest BCUT2D eigenvalue weighted by Crippen LogP contribution is -2.35. The van der Waals surface area contributed by atoms with Crippen molar-refractivity contribution >= 4 is 17.6 Å². The van der Waals surface area contributed by atoms with E-state index >= 15 is 0 Å². The van der Waals surface area contributed by atoms with E-state index in [0.717, 1.165) is 58.0 Å². The van der Waals surface area contributed by atoms with Crippen molar-refractivity contribution in [2.45, 2.75) is 77.2 Å². The van der Waals surface area contributed by atoms with Gasteiger partial charge >= 0.3 is 11.9 Å². The molecule has 1 amide bonds. The van der Waals surface area contributed by atoms with Crippen LogP contribution in [-0.2, 0) is 22.5 Å². The van der Waals surface area contributed by atoms with Gasteiger partial charge in [0.15, 0.2) is 11.4 Å². The number of hydrogen-bond donors (Lipinski definition) is 3. The van der Waals surface area contributed by atoms with E-state index in [0.29, 0.717) is 23.9 Å². The van der Waals surface area contributed by atoms with Crippen LogP contribution in [0.1, 0.15) is 79.4 Å². The molecule has 36 heavy (non-hydrogen) atoms. The van der Waals surface area contributed by atoms with E-state index in [1.165, 1.54) is 24.6 Å². The number of aromatic hydroxyl groups is 1. The smallest absolute Gasteiger partial charge is 0.329 e. The van der Waals surface area contributed by atoms with Crippen molar-refractivity contribution in [1.29, 1.82) is 0 Å². The zero-order valence-corrected chi connectivity index (χ0v) is 21.1. The first-order valence-electron chi connectivity index (χ1n) is 12.8. The third-order valence-electron chi connectivity index (χ3n) is 7.31. The van der Waals surface area contributed by atoms with Gasteiger partial charge < -0.3 is 20.0 Å². The van der Waals surface area contributed by atoms with Gasteiger partial charge in [0.2, 0.25) is 0 Å². The van der Waals surface area contributed by atoms with Gasteiger partial charge in [0.25, 0.3) is 0 Å². The number of aryl methyl sites for hydroxylation is 1. The second kappa shape index (κ2) is 11.2. The summed E-state index contributed by atoms with van der Waals surface area (Å²) in [6.45, 7) is 4.59. The molecular weight excluding hydrogens is 460 g/mol. The summed E-state index contributed by atoms with van der Waals surface area (Å²) < 4.78 is 0. The summed E-state index contributed by atoms with van der Waals surface area (Å²) >= 11 is 0. The van der Waals surface area contributed by atoms with Crippen molar-refractivity contribution in [2.75, 3.05) is 18.0 Å². The highest BCUT2D eigenvalue weighted by Gasteiger charge is 2.29. The fraction of sp³-hybridized carbons (Fsp3) is 0.556. The maximum atomic E-state index is 12.3. The second-order valence-corrected chi connectivity index (χ2v) is 10.2. The average Bonchev–Trinajstić information content (AvgIpc) is 2.86. The van der Waals surface area contributed by atoms with E-state index in [9.17, 15) is 19.8 Å². The highest BCUT2D eigenvalue weighted by atomic mass is 16.7. The van der Waals surface area contributed by atoms with E-state index in [1.807, 2.05) is 5.48 Å². The summed E-state index contributed by atoms with van der Waals surface area (Å²) in [5, 5.41) is 21.0. The Morgan fingerprint density at radius 2 is 1.78 bits per heavy atom. The van der Waals surface area contributed by atoms with Crippen LogP contribution in [0.3, 0.4) is 0 Å². The van der Waals surface area contributed by atoms with Crippen molar-refractivity contribution in [1.82, 2.24) is 15.4 Å². The van der Waals surface area contributed by atoms with Crippen LogP contribution in [0.15, 0.2) is 24.3 Å². The van der Waals surface area contributed by atoms with E-state index in [1.54, 1.807) is 6.92 Å². The van der Waals surface area contributed by atoms with Gasteiger partial charge in [-0.15, -0.1) is 0 Å². The van der Waals surface area contributed by atoms with Crippen LogP contribution in [0.25, 0.3) is 0 Å². The largest absolute Gasteiger partial charge is 0.504 e. The molecule has 9 heteroatoms. The number of piperidine rings is 1. The molecule has 1 aromatic carbocycles. The molecule has 0 bridgehead atoms. The number of aromatic nitrogens is 2. The summed E-state index contributed by atoms with van der Waals surface area (Å²) in [5.74, 6) is -0.937. The van der Waals surface area contributed by atoms with E-state index in [2.05, 4.69) is 44.0 Å². The lowest BCUT2D eigenvalue weighted by molar-refractivity contribution is -0.146. The maximum absolute atomic E-state index is 12.3. The third-order valence-corrected chi connectivity index (χ3v) is 7.31. The van der Waals surface area contributed by atoms with Crippen LogP contribution < -0.4 is 10.4 Å². The number of aliphatic hydroxyl groups is 1. The summed E-state index contributed by atoms with van der Waals surface area (Å²) in [7, 11) is 0. The Morgan fingerprint density at radius 1 is 1.11 bits per heavy atom. The zero-order valence-electron chi connectivity index (χ0n) is 21.1. The Morgan fingerprint density at radius 3 is 2.42 bits per heavy atom. The van der Waals surface area contributed by atoms with Crippen LogP contribution in [0.5, 0.6) is 5.75 Å². The zero-order chi connectivity index (χ0) is 25.7. The molecular formula is C27H36N4O5. The Hall–Kier alpha value is -3.20. The number of nitrogens with one attached hydrogen (secondary N) is 1. The summed E-state index contributed by atoms with van der Waals surface area (Å²) in [6, 6.07) is 8.59. The number of anilines is 1. The predicted molar refractivity (Wildman–Crippen MR) is 134 cm³/mol. The molecule has 3 N–H and O–H groups in total. The fourth-order valence-electron chi connectivity index (χ4n) is 5.29. The molecule has 2 aliphatic rings. The van der Waals surface area contributed by atoms with Crippen molar-refractivity contribution in [3.8, 4) is 5.75 Å².